The van der Waals surface area contributed by atoms with Crippen LogP contribution >= 0.6 is 22.9 Å². The van der Waals surface area contributed by atoms with Crippen molar-refractivity contribution in [2.75, 3.05) is 14.2 Å². The molecule has 0 atom stereocenters. The maximum absolute atomic E-state index is 12.0. The first-order valence-corrected chi connectivity index (χ1v) is 8.55. The minimum absolute atomic E-state index is 0.0369. The fraction of sp³-hybridized carbons (Fsp3) is 0.176. The van der Waals surface area contributed by atoms with Gasteiger partial charge in [0.15, 0.2) is 21.6 Å². The summed E-state index contributed by atoms with van der Waals surface area (Å²) in [5, 5.41) is 2.22. The molecule has 8 heteroatoms. The molecule has 0 radical (unpaired) electrons. The Kier molecular flexibility index (Phi) is 5.25. The lowest BCUT2D eigenvalue weighted by Crippen LogP contribution is -2.03. The largest absolute Gasteiger partial charge is 0.493 e. The van der Waals surface area contributed by atoms with Gasteiger partial charge in [-0.15, -0.1) is 11.3 Å². The number of hydrogen-bond donors (Lipinski definition) is 0. The molecule has 25 heavy (non-hydrogen) atoms. The Balaban J connectivity index is 1.70. The van der Waals surface area contributed by atoms with Gasteiger partial charge in [0.05, 0.1) is 19.9 Å². The molecule has 0 N–H and O–H groups in total. The van der Waals surface area contributed by atoms with Crippen LogP contribution in [0.3, 0.4) is 0 Å². The molecule has 0 aliphatic heterocycles. The average molecular weight is 379 g/mol. The van der Waals surface area contributed by atoms with Gasteiger partial charge in [0.1, 0.15) is 6.61 Å². The van der Waals surface area contributed by atoms with Crippen LogP contribution in [-0.4, -0.2) is 29.6 Å². The standard InChI is InChI=1S/C17H15ClN2O4S/c1-22-13-5-3-4-11(15(13)23-2)6-7-14(21)24-10-12-16(18)19-17-20(12)8-9-25-17/h3-9H,10H2,1-2H3/b7-6+. The van der Waals surface area contributed by atoms with Crippen LogP contribution in [0.4, 0.5) is 0 Å². The first-order chi connectivity index (χ1) is 12.1. The number of esters is 1. The summed E-state index contributed by atoms with van der Waals surface area (Å²) in [6.07, 6.45) is 4.78. The van der Waals surface area contributed by atoms with Crippen molar-refractivity contribution in [2.24, 2.45) is 0 Å². The number of para-hydroxylation sites is 1. The summed E-state index contributed by atoms with van der Waals surface area (Å²) in [5.41, 5.74) is 1.35. The van der Waals surface area contributed by atoms with Crippen LogP contribution < -0.4 is 9.47 Å². The molecule has 3 aromatic rings. The molecule has 0 saturated carbocycles. The fourth-order valence-electron chi connectivity index (χ4n) is 2.32. The second kappa shape index (κ2) is 7.58. The van der Waals surface area contributed by atoms with Crippen LogP contribution in [0.25, 0.3) is 11.0 Å². The van der Waals surface area contributed by atoms with Crippen LogP contribution in [0.1, 0.15) is 11.3 Å². The summed E-state index contributed by atoms with van der Waals surface area (Å²) in [6.45, 7) is 0.0369. The summed E-state index contributed by atoms with van der Waals surface area (Å²) in [5.74, 6) is 0.642. The van der Waals surface area contributed by atoms with E-state index in [9.17, 15) is 4.79 Å². The molecule has 0 unspecified atom stereocenters. The van der Waals surface area contributed by atoms with Gasteiger partial charge >= 0.3 is 5.97 Å². The van der Waals surface area contributed by atoms with Gasteiger partial charge in [-0.3, -0.25) is 4.40 Å². The lowest BCUT2D eigenvalue weighted by Gasteiger charge is -2.09. The molecule has 0 aliphatic carbocycles. The Hall–Kier alpha value is -2.51. The molecule has 0 spiro atoms. The summed E-state index contributed by atoms with van der Waals surface area (Å²) in [4.78, 5) is 17.0. The molecule has 0 saturated heterocycles. The first kappa shape index (κ1) is 17.3. The predicted molar refractivity (Wildman–Crippen MR) is 96.5 cm³/mol. The van der Waals surface area contributed by atoms with Crippen LogP contribution in [0.15, 0.2) is 35.9 Å². The van der Waals surface area contributed by atoms with E-state index in [4.69, 9.17) is 25.8 Å². The predicted octanol–water partition coefficient (Wildman–Crippen LogP) is 3.82. The van der Waals surface area contributed by atoms with Gasteiger partial charge in [0.25, 0.3) is 0 Å². The number of nitrogens with zero attached hydrogens (tertiary/aromatic N) is 2. The Morgan fingerprint density at radius 3 is 2.96 bits per heavy atom. The van der Waals surface area contributed by atoms with E-state index >= 15 is 0 Å². The molecule has 0 aliphatic rings. The molecule has 0 amide bonds. The third-order valence-electron chi connectivity index (χ3n) is 3.50. The quantitative estimate of drug-likeness (QED) is 0.482. The molecular weight excluding hydrogens is 364 g/mol. The molecule has 6 nitrogen and oxygen atoms in total. The van der Waals surface area contributed by atoms with Crippen molar-refractivity contribution in [1.82, 2.24) is 9.38 Å². The number of hydrogen-bond acceptors (Lipinski definition) is 6. The van der Waals surface area contributed by atoms with Gasteiger partial charge in [0, 0.05) is 23.2 Å². The van der Waals surface area contributed by atoms with E-state index < -0.39 is 5.97 Å². The maximum atomic E-state index is 12.0. The Labute approximate surface area is 153 Å². The van der Waals surface area contributed by atoms with Crippen molar-refractivity contribution in [3.8, 4) is 11.5 Å². The van der Waals surface area contributed by atoms with E-state index in [-0.39, 0.29) is 6.61 Å². The van der Waals surface area contributed by atoms with Crippen molar-refractivity contribution >= 4 is 39.9 Å². The number of fused-ring (bicyclic) bond motifs is 1. The highest BCUT2D eigenvalue weighted by Gasteiger charge is 2.13. The lowest BCUT2D eigenvalue weighted by molar-refractivity contribution is -0.139. The van der Waals surface area contributed by atoms with Gasteiger partial charge in [-0.05, 0) is 12.1 Å². The van der Waals surface area contributed by atoms with E-state index in [0.29, 0.717) is 27.9 Å². The number of halogens is 1. The number of methoxy groups -OCH3 is 2. The topological polar surface area (TPSA) is 62.1 Å². The summed E-state index contributed by atoms with van der Waals surface area (Å²) >= 11 is 7.53. The molecule has 2 aromatic heterocycles. The number of rotatable bonds is 6. The molecule has 3 rings (SSSR count). The van der Waals surface area contributed by atoms with Crippen LogP contribution in [-0.2, 0) is 16.1 Å². The number of aromatic nitrogens is 2. The number of imidazole rings is 1. The second-order valence-corrected chi connectivity index (χ2v) is 6.16. The molecule has 0 bridgehead atoms. The second-order valence-electron chi connectivity index (χ2n) is 4.93. The number of carbonyl (C=O) groups is 1. The number of carbonyl (C=O) groups excluding carboxylic acids is 1. The zero-order valence-corrected chi connectivity index (χ0v) is 15.1. The highest BCUT2D eigenvalue weighted by atomic mass is 35.5. The molecule has 1 aromatic carbocycles. The van der Waals surface area contributed by atoms with E-state index in [2.05, 4.69) is 4.98 Å². The van der Waals surface area contributed by atoms with E-state index in [1.54, 1.807) is 30.8 Å². The van der Waals surface area contributed by atoms with Crippen LogP contribution in [0.5, 0.6) is 11.5 Å². The summed E-state index contributed by atoms with van der Waals surface area (Å²) < 4.78 is 17.6. The van der Waals surface area contributed by atoms with Crippen LogP contribution in [0, 0.1) is 0 Å². The third-order valence-corrected chi connectivity index (χ3v) is 4.55. The SMILES string of the molecule is COc1cccc(/C=C/C(=O)OCc2c(Cl)nc3sccn23)c1OC. The number of thiazole rings is 1. The summed E-state index contributed by atoms with van der Waals surface area (Å²) in [7, 11) is 3.10. The highest BCUT2D eigenvalue weighted by Crippen LogP contribution is 2.31. The van der Waals surface area contributed by atoms with Gasteiger partial charge in [0.2, 0.25) is 0 Å². The molecule has 2 heterocycles. The van der Waals surface area contributed by atoms with E-state index in [1.807, 2.05) is 23.7 Å². The maximum Gasteiger partial charge on any atom is 0.331 e. The number of benzene rings is 1. The Morgan fingerprint density at radius 1 is 1.36 bits per heavy atom. The van der Waals surface area contributed by atoms with Crippen molar-refractivity contribution in [1.29, 1.82) is 0 Å². The van der Waals surface area contributed by atoms with E-state index in [1.165, 1.54) is 17.4 Å². The normalized spacial score (nSPS) is 11.2. The average Bonchev–Trinajstić information content (AvgIpc) is 3.18. The smallest absolute Gasteiger partial charge is 0.331 e. The van der Waals surface area contributed by atoms with Crippen molar-refractivity contribution in [3.63, 3.8) is 0 Å². The van der Waals surface area contributed by atoms with Crippen molar-refractivity contribution in [2.45, 2.75) is 6.61 Å². The van der Waals surface area contributed by atoms with Crippen LogP contribution in [0.2, 0.25) is 5.15 Å². The zero-order valence-electron chi connectivity index (χ0n) is 13.6. The van der Waals surface area contributed by atoms with Gasteiger partial charge in [-0.25, -0.2) is 9.78 Å². The first-order valence-electron chi connectivity index (χ1n) is 7.29. The van der Waals surface area contributed by atoms with Crippen molar-refractivity contribution in [3.05, 3.63) is 52.3 Å². The lowest BCUT2D eigenvalue weighted by atomic mass is 10.1. The number of ether oxygens (including phenoxy) is 3. The minimum Gasteiger partial charge on any atom is -0.493 e. The van der Waals surface area contributed by atoms with Gasteiger partial charge in [-0.2, -0.15) is 0 Å². The summed E-state index contributed by atoms with van der Waals surface area (Å²) in [6, 6.07) is 5.40. The highest BCUT2D eigenvalue weighted by molar-refractivity contribution is 7.15. The molecular formula is C17H15ClN2O4S. The van der Waals surface area contributed by atoms with E-state index in [0.717, 1.165) is 4.96 Å². The van der Waals surface area contributed by atoms with Gasteiger partial charge in [-0.1, -0.05) is 23.7 Å². The molecule has 130 valence electrons. The zero-order chi connectivity index (χ0) is 17.8. The minimum atomic E-state index is -0.494. The Bertz CT molecular complexity index is 932. The monoisotopic (exact) mass is 378 g/mol. The third kappa shape index (κ3) is 3.62. The Morgan fingerprint density at radius 2 is 2.20 bits per heavy atom. The molecule has 0 fully saturated rings. The fourth-order valence-corrected chi connectivity index (χ4v) is 3.33. The van der Waals surface area contributed by atoms with Crippen molar-refractivity contribution < 1.29 is 19.0 Å². The van der Waals surface area contributed by atoms with Gasteiger partial charge < -0.3 is 14.2 Å².